The standard InChI is InChI=1S/C26H31N3O6S2/c1-5-28(6-2)36(31,32)23-14-12-21(13-15-23)27-26(30)19-29(22-10-8-7-9-11-22)37(33,34)24-16-17-25(35-4)20(3)18-24/h7-18H,5-6,19H2,1-4H3,(H,27,30). The number of anilines is 2. The molecule has 11 heteroatoms. The Morgan fingerprint density at radius 3 is 1.97 bits per heavy atom. The van der Waals surface area contributed by atoms with Gasteiger partial charge in [-0.15, -0.1) is 0 Å². The summed E-state index contributed by atoms with van der Waals surface area (Å²) in [5.41, 5.74) is 1.31. The summed E-state index contributed by atoms with van der Waals surface area (Å²) in [6, 6.07) is 18.6. The molecular weight excluding hydrogens is 514 g/mol. The molecule has 3 rings (SSSR count). The van der Waals surface area contributed by atoms with E-state index in [2.05, 4.69) is 5.32 Å². The summed E-state index contributed by atoms with van der Waals surface area (Å²) in [5, 5.41) is 2.66. The maximum atomic E-state index is 13.6. The molecule has 0 saturated heterocycles. The van der Waals surface area contributed by atoms with Crippen molar-refractivity contribution >= 4 is 37.3 Å². The maximum absolute atomic E-state index is 13.6. The highest BCUT2D eigenvalue weighted by Gasteiger charge is 2.28. The molecule has 0 atom stereocenters. The van der Waals surface area contributed by atoms with Gasteiger partial charge in [0.15, 0.2) is 0 Å². The normalized spacial score (nSPS) is 11.8. The lowest BCUT2D eigenvalue weighted by atomic mass is 10.2. The Kier molecular flexibility index (Phi) is 8.95. The van der Waals surface area contributed by atoms with Crippen LogP contribution in [0.1, 0.15) is 19.4 Å². The van der Waals surface area contributed by atoms with Crippen molar-refractivity contribution in [2.75, 3.05) is 36.4 Å². The number of aryl methyl sites for hydroxylation is 1. The molecule has 0 fully saturated rings. The molecule has 0 aliphatic carbocycles. The number of ether oxygens (including phenoxy) is 1. The largest absolute Gasteiger partial charge is 0.496 e. The molecule has 3 aromatic rings. The topological polar surface area (TPSA) is 113 Å². The van der Waals surface area contributed by atoms with Crippen molar-refractivity contribution in [2.45, 2.75) is 30.6 Å². The molecule has 0 bridgehead atoms. The van der Waals surface area contributed by atoms with Gasteiger partial charge in [0.25, 0.3) is 10.0 Å². The Morgan fingerprint density at radius 1 is 0.838 bits per heavy atom. The Morgan fingerprint density at radius 2 is 1.43 bits per heavy atom. The van der Waals surface area contributed by atoms with E-state index in [9.17, 15) is 21.6 Å². The van der Waals surface area contributed by atoms with Gasteiger partial charge < -0.3 is 10.1 Å². The monoisotopic (exact) mass is 545 g/mol. The SMILES string of the molecule is CCN(CC)S(=O)(=O)c1ccc(NC(=O)CN(c2ccccc2)S(=O)(=O)c2ccc(OC)c(C)c2)cc1. The van der Waals surface area contributed by atoms with Crippen molar-refractivity contribution in [1.82, 2.24) is 4.31 Å². The van der Waals surface area contributed by atoms with Crippen LogP contribution in [0.25, 0.3) is 0 Å². The second kappa shape index (κ2) is 11.8. The number of carbonyl (C=O) groups is 1. The quantitative estimate of drug-likeness (QED) is 0.391. The van der Waals surface area contributed by atoms with Crippen LogP contribution >= 0.6 is 0 Å². The highest BCUT2D eigenvalue weighted by molar-refractivity contribution is 7.92. The zero-order valence-electron chi connectivity index (χ0n) is 21.2. The number of nitrogens with one attached hydrogen (secondary N) is 1. The average molecular weight is 546 g/mol. The van der Waals surface area contributed by atoms with Gasteiger partial charge in [0, 0.05) is 18.8 Å². The molecule has 0 spiro atoms. The minimum Gasteiger partial charge on any atom is -0.496 e. The number of rotatable bonds is 11. The number of sulfonamides is 2. The van der Waals surface area contributed by atoms with E-state index in [4.69, 9.17) is 4.74 Å². The average Bonchev–Trinajstić information content (AvgIpc) is 2.88. The number of amides is 1. The van der Waals surface area contributed by atoms with E-state index in [1.54, 1.807) is 57.2 Å². The molecule has 0 unspecified atom stereocenters. The van der Waals surface area contributed by atoms with Crippen LogP contribution in [0.3, 0.4) is 0 Å². The molecule has 0 aliphatic heterocycles. The zero-order valence-corrected chi connectivity index (χ0v) is 22.8. The first-order valence-electron chi connectivity index (χ1n) is 11.7. The predicted molar refractivity (Wildman–Crippen MR) is 144 cm³/mol. The van der Waals surface area contributed by atoms with Gasteiger partial charge in [0.05, 0.1) is 22.6 Å². The zero-order chi connectivity index (χ0) is 27.2. The minimum atomic E-state index is -4.10. The van der Waals surface area contributed by atoms with Crippen molar-refractivity contribution in [1.29, 1.82) is 0 Å². The van der Waals surface area contributed by atoms with E-state index in [1.807, 2.05) is 0 Å². The summed E-state index contributed by atoms with van der Waals surface area (Å²) in [5.74, 6) is -0.0357. The van der Waals surface area contributed by atoms with Gasteiger partial charge in [-0.05, 0) is 67.1 Å². The molecule has 3 aromatic carbocycles. The molecule has 0 heterocycles. The molecule has 9 nitrogen and oxygen atoms in total. The van der Waals surface area contributed by atoms with Crippen LogP contribution < -0.4 is 14.4 Å². The third-order valence-corrected chi connectivity index (χ3v) is 9.60. The fourth-order valence-corrected chi connectivity index (χ4v) is 6.77. The second-order valence-electron chi connectivity index (χ2n) is 8.14. The summed E-state index contributed by atoms with van der Waals surface area (Å²) in [6.45, 7) is 5.45. The molecule has 1 N–H and O–H groups in total. The van der Waals surface area contributed by atoms with E-state index in [0.29, 0.717) is 35.8 Å². The molecule has 37 heavy (non-hydrogen) atoms. The first kappa shape index (κ1) is 28.2. The molecule has 0 aliphatic rings. The van der Waals surface area contributed by atoms with E-state index in [-0.39, 0.29) is 9.79 Å². The number of hydrogen-bond donors (Lipinski definition) is 1. The second-order valence-corrected chi connectivity index (χ2v) is 11.9. The van der Waals surface area contributed by atoms with E-state index >= 15 is 0 Å². The van der Waals surface area contributed by atoms with E-state index in [1.165, 1.54) is 47.8 Å². The lowest BCUT2D eigenvalue weighted by molar-refractivity contribution is -0.114. The fourth-order valence-electron chi connectivity index (χ4n) is 3.80. The van der Waals surface area contributed by atoms with Crippen LogP contribution in [-0.2, 0) is 24.8 Å². The lowest BCUT2D eigenvalue weighted by Gasteiger charge is -2.24. The summed E-state index contributed by atoms with van der Waals surface area (Å²) in [6.07, 6.45) is 0. The van der Waals surface area contributed by atoms with E-state index < -0.39 is 32.5 Å². The van der Waals surface area contributed by atoms with Crippen LogP contribution in [0.2, 0.25) is 0 Å². The molecule has 0 radical (unpaired) electrons. The summed E-state index contributed by atoms with van der Waals surface area (Å²) < 4.78 is 60.2. The number of benzene rings is 3. The molecule has 0 aromatic heterocycles. The van der Waals surface area contributed by atoms with E-state index in [0.717, 1.165) is 4.31 Å². The Bertz CT molecular complexity index is 1440. The van der Waals surface area contributed by atoms with Crippen LogP contribution in [0, 0.1) is 6.92 Å². The van der Waals surface area contributed by atoms with Crippen molar-refractivity contribution in [3.63, 3.8) is 0 Å². The highest BCUT2D eigenvalue weighted by atomic mass is 32.2. The summed E-state index contributed by atoms with van der Waals surface area (Å²) in [4.78, 5) is 13.1. The first-order chi connectivity index (χ1) is 17.5. The van der Waals surface area contributed by atoms with Crippen LogP contribution in [0.4, 0.5) is 11.4 Å². The predicted octanol–water partition coefficient (Wildman–Crippen LogP) is 3.87. The van der Waals surface area contributed by atoms with Crippen LogP contribution in [0.15, 0.2) is 82.6 Å². The first-order valence-corrected chi connectivity index (χ1v) is 14.5. The van der Waals surface area contributed by atoms with Crippen molar-refractivity contribution in [3.05, 3.63) is 78.4 Å². The summed E-state index contributed by atoms with van der Waals surface area (Å²) >= 11 is 0. The van der Waals surface area contributed by atoms with Gasteiger partial charge in [-0.3, -0.25) is 9.10 Å². The van der Waals surface area contributed by atoms with Gasteiger partial charge in [0.1, 0.15) is 12.3 Å². The van der Waals surface area contributed by atoms with Crippen LogP contribution in [0.5, 0.6) is 5.75 Å². The Hall–Kier alpha value is -3.41. The Balaban J connectivity index is 1.86. The lowest BCUT2D eigenvalue weighted by Crippen LogP contribution is -2.38. The number of hydrogen-bond acceptors (Lipinski definition) is 6. The highest BCUT2D eigenvalue weighted by Crippen LogP contribution is 2.27. The van der Waals surface area contributed by atoms with Crippen molar-refractivity contribution in [2.24, 2.45) is 0 Å². The number of para-hydroxylation sites is 1. The third-order valence-electron chi connectivity index (χ3n) is 5.77. The molecular formula is C26H31N3O6S2. The number of methoxy groups -OCH3 is 1. The fraction of sp³-hybridized carbons (Fsp3) is 0.269. The van der Waals surface area contributed by atoms with Crippen molar-refractivity contribution < 1.29 is 26.4 Å². The smallest absolute Gasteiger partial charge is 0.264 e. The van der Waals surface area contributed by atoms with Crippen LogP contribution in [-0.4, -0.2) is 53.8 Å². The van der Waals surface area contributed by atoms with Gasteiger partial charge in [-0.1, -0.05) is 32.0 Å². The van der Waals surface area contributed by atoms with Crippen molar-refractivity contribution in [3.8, 4) is 5.75 Å². The van der Waals surface area contributed by atoms with Gasteiger partial charge in [-0.25, -0.2) is 16.8 Å². The van der Waals surface area contributed by atoms with Gasteiger partial charge in [0.2, 0.25) is 15.9 Å². The molecule has 0 saturated carbocycles. The summed E-state index contributed by atoms with van der Waals surface area (Å²) in [7, 11) is -6.23. The number of nitrogens with zero attached hydrogens (tertiary/aromatic N) is 2. The molecule has 1 amide bonds. The third kappa shape index (κ3) is 6.30. The van der Waals surface area contributed by atoms with Gasteiger partial charge >= 0.3 is 0 Å². The Labute approximate surface area is 218 Å². The number of carbonyl (C=O) groups excluding carboxylic acids is 1. The van der Waals surface area contributed by atoms with Gasteiger partial charge in [-0.2, -0.15) is 4.31 Å². The maximum Gasteiger partial charge on any atom is 0.264 e. The molecule has 198 valence electrons. The minimum absolute atomic E-state index is 0.0217.